The highest BCUT2D eigenvalue weighted by Gasteiger charge is 2.41. The normalized spacial score (nSPS) is 32.9. The number of hydrogen-bond donors (Lipinski definition) is 0. The minimum Gasteiger partial charge on any atom is -0.342 e. The maximum atomic E-state index is 12.5. The van der Waals surface area contributed by atoms with Crippen molar-refractivity contribution in [3.8, 4) is 0 Å². The number of amides is 1. The Kier molecular flexibility index (Phi) is 5.64. The van der Waals surface area contributed by atoms with Crippen molar-refractivity contribution in [2.45, 2.75) is 59.4 Å². The zero-order chi connectivity index (χ0) is 13.8. The summed E-state index contributed by atoms with van der Waals surface area (Å²) in [6.45, 7) is 11.4. The van der Waals surface area contributed by atoms with E-state index in [1.807, 2.05) is 13.8 Å². The third-order valence-corrected chi connectivity index (χ3v) is 4.42. The molecule has 0 aromatic heterocycles. The van der Waals surface area contributed by atoms with Crippen LogP contribution in [0.25, 0.3) is 0 Å². The van der Waals surface area contributed by atoms with Crippen LogP contribution in [0, 0.1) is 5.41 Å². The van der Waals surface area contributed by atoms with Crippen molar-refractivity contribution in [2.24, 2.45) is 5.41 Å². The summed E-state index contributed by atoms with van der Waals surface area (Å²) in [5.41, 5.74) is -0.101. The average Bonchev–Trinajstić information content (AvgIpc) is 2.90. The maximum absolute atomic E-state index is 12.5. The molecular weight excluding hydrogens is 224 g/mol. The molecule has 3 nitrogen and oxygen atoms in total. The monoisotopic (exact) mass is 254 g/mol. The van der Waals surface area contributed by atoms with Gasteiger partial charge in [-0.3, -0.25) is 4.79 Å². The topological polar surface area (TPSA) is 23.6 Å². The molecule has 0 bridgehead atoms. The standard InChI is InChI=1S/C13H24N2O.C2H6/c1-11-10-13(2,6-9-14(11)3)12(16)15-7-4-5-8-15;1-2/h11H,4-10H2,1-3H3;1-2H3. The molecule has 2 heterocycles. The van der Waals surface area contributed by atoms with Crippen LogP contribution in [0.4, 0.5) is 0 Å². The molecule has 0 aromatic rings. The zero-order valence-corrected chi connectivity index (χ0v) is 12.8. The number of carbonyl (C=O) groups is 1. The largest absolute Gasteiger partial charge is 0.342 e. The molecule has 3 heteroatoms. The van der Waals surface area contributed by atoms with Gasteiger partial charge in [0.25, 0.3) is 0 Å². The highest BCUT2D eigenvalue weighted by molar-refractivity contribution is 5.82. The van der Waals surface area contributed by atoms with Gasteiger partial charge in [0, 0.05) is 24.5 Å². The Labute approximate surface area is 113 Å². The van der Waals surface area contributed by atoms with Gasteiger partial charge in [-0.2, -0.15) is 0 Å². The first-order chi connectivity index (χ1) is 8.53. The van der Waals surface area contributed by atoms with E-state index in [0.29, 0.717) is 11.9 Å². The summed E-state index contributed by atoms with van der Waals surface area (Å²) in [6.07, 6.45) is 4.41. The van der Waals surface area contributed by atoms with Crippen molar-refractivity contribution in [1.29, 1.82) is 0 Å². The minimum atomic E-state index is -0.101. The number of carbonyl (C=O) groups excluding carboxylic acids is 1. The van der Waals surface area contributed by atoms with Crippen LogP contribution in [-0.4, -0.2) is 48.4 Å². The molecule has 2 unspecified atom stereocenters. The van der Waals surface area contributed by atoms with E-state index in [1.165, 1.54) is 12.8 Å². The van der Waals surface area contributed by atoms with E-state index < -0.39 is 0 Å². The molecule has 1 amide bonds. The minimum absolute atomic E-state index is 0.101. The number of nitrogens with zero attached hydrogens (tertiary/aromatic N) is 2. The van der Waals surface area contributed by atoms with Gasteiger partial charge in [-0.1, -0.05) is 20.8 Å². The third-order valence-electron chi connectivity index (χ3n) is 4.42. The smallest absolute Gasteiger partial charge is 0.228 e. The Morgan fingerprint density at radius 1 is 1.17 bits per heavy atom. The lowest BCUT2D eigenvalue weighted by Crippen LogP contribution is -2.50. The van der Waals surface area contributed by atoms with Gasteiger partial charge in [-0.05, 0) is 46.2 Å². The van der Waals surface area contributed by atoms with Gasteiger partial charge in [0.15, 0.2) is 0 Å². The predicted octanol–water partition coefficient (Wildman–Crippen LogP) is 2.76. The average molecular weight is 254 g/mol. The Morgan fingerprint density at radius 2 is 1.72 bits per heavy atom. The second kappa shape index (κ2) is 6.55. The predicted molar refractivity (Wildman–Crippen MR) is 76.6 cm³/mol. The second-order valence-electron chi connectivity index (χ2n) is 5.84. The Balaban J connectivity index is 0.000000771. The van der Waals surface area contributed by atoms with Gasteiger partial charge in [0.1, 0.15) is 0 Å². The fourth-order valence-corrected chi connectivity index (χ4v) is 3.05. The lowest BCUT2D eigenvalue weighted by atomic mass is 9.76. The van der Waals surface area contributed by atoms with E-state index in [-0.39, 0.29) is 5.41 Å². The summed E-state index contributed by atoms with van der Waals surface area (Å²) in [4.78, 5) is 16.9. The molecule has 0 saturated carbocycles. The first-order valence-corrected chi connectivity index (χ1v) is 7.52. The van der Waals surface area contributed by atoms with Crippen LogP contribution in [0.5, 0.6) is 0 Å². The summed E-state index contributed by atoms with van der Waals surface area (Å²) >= 11 is 0. The maximum Gasteiger partial charge on any atom is 0.228 e. The first-order valence-electron chi connectivity index (χ1n) is 7.52. The van der Waals surface area contributed by atoms with Gasteiger partial charge < -0.3 is 9.80 Å². The van der Waals surface area contributed by atoms with E-state index in [0.717, 1.165) is 32.5 Å². The van der Waals surface area contributed by atoms with Crippen LogP contribution in [0.2, 0.25) is 0 Å². The molecule has 0 aliphatic carbocycles. The fourth-order valence-electron chi connectivity index (χ4n) is 3.05. The quantitative estimate of drug-likeness (QED) is 0.718. The first kappa shape index (κ1) is 15.5. The van der Waals surface area contributed by atoms with Gasteiger partial charge in [-0.15, -0.1) is 0 Å². The molecule has 2 fully saturated rings. The van der Waals surface area contributed by atoms with Crippen LogP contribution < -0.4 is 0 Å². The molecule has 0 aromatic carbocycles. The summed E-state index contributed by atoms with van der Waals surface area (Å²) in [5.74, 6) is 0.407. The van der Waals surface area contributed by atoms with E-state index in [4.69, 9.17) is 0 Å². The van der Waals surface area contributed by atoms with Crippen LogP contribution in [0.3, 0.4) is 0 Å². The molecule has 2 aliphatic rings. The highest BCUT2D eigenvalue weighted by Crippen LogP contribution is 2.36. The zero-order valence-electron chi connectivity index (χ0n) is 12.8. The van der Waals surface area contributed by atoms with Crippen LogP contribution in [-0.2, 0) is 4.79 Å². The molecule has 0 N–H and O–H groups in total. The van der Waals surface area contributed by atoms with Crippen molar-refractivity contribution in [2.75, 3.05) is 26.7 Å². The summed E-state index contributed by atoms with van der Waals surface area (Å²) < 4.78 is 0. The molecule has 2 rings (SSSR count). The van der Waals surface area contributed by atoms with E-state index in [2.05, 4.69) is 30.7 Å². The molecule has 2 atom stereocenters. The van der Waals surface area contributed by atoms with Crippen molar-refractivity contribution >= 4 is 5.91 Å². The molecular formula is C15H30N2O. The number of hydrogen-bond acceptors (Lipinski definition) is 2. The third kappa shape index (κ3) is 3.25. The molecule has 18 heavy (non-hydrogen) atoms. The van der Waals surface area contributed by atoms with Crippen LogP contribution >= 0.6 is 0 Å². The fraction of sp³-hybridized carbons (Fsp3) is 0.933. The van der Waals surface area contributed by atoms with Gasteiger partial charge in [-0.25, -0.2) is 0 Å². The highest BCUT2D eigenvalue weighted by atomic mass is 16.2. The SMILES string of the molecule is CC.CC1CC(C)(C(=O)N2CCCC2)CCN1C. The van der Waals surface area contributed by atoms with Crippen LogP contribution in [0.15, 0.2) is 0 Å². The molecule has 2 aliphatic heterocycles. The van der Waals surface area contributed by atoms with E-state index in [1.54, 1.807) is 0 Å². The Bertz CT molecular complexity index is 274. The summed E-state index contributed by atoms with van der Waals surface area (Å²) in [5, 5.41) is 0. The second-order valence-corrected chi connectivity index (χ2v) is 5.84. The van der Waals surface area contributed by atoms with Crippen molar-refractivity contribution < 1.29 is 4.79 Å². The van der Waals surface area contributed by atoms with E-state index >= 15 is 0 Å². The molecule has 106 valence electrons. The van der Waals surface area contributed by atoms with Crippen molar-refractivity contribution in [1.82, 2.24) is 9.80 Å². The van der Waals surface area contributed by atoms with E-state index in [9.17, 15) is 4.79 Å². The molecule has 0 radical (unpaired) electrons. The number of rotatable bonds is 1. The lowest BCUT2D eigenvalue weighted by Gasteiger charge is -2.42. The van der Waals surface area contributed by atoms with Crippen molar-refractivity contribution in [3.63, 3.8) is 0 Å². The number of piperidine rings is 1. The summed E-state index contributed by atoms with van der Waals surface area (Å²) in [7, 11) is 2.16. The van der Waals surface area contributed by atoms with Gasteiger partial charge >= 0.3 is 0 Å². The van der Waals surface area contributed by atoms with Crippen LogP contribution in [0.1, 0.15) is 53.4 Å². The summed E-state index contributed by atoms with van der Waals surface area (Å²) in [6, 6.07) is 0.533. The molecule has 2 saturated heterocycles. The number of likely N-dealkylation sites (tertiary alicyclic amines) is 2. The van der Waals surface area contributed by atoms with Gasteiger partial charge in [0.2, 0.25) is 5.91 Å². The molecule has 0 spiro atoms. The van der Waals surface area contributed by atoms with Crippen molar-refractivity contribution in [3.05, 3.63) is 0 Å². The van der Waals surface area contributed by atoms with Gasteiger partial charge in [0.05, 0.1) is 0 Å². The Hall–Kier alpha value is -0.570. The lowest BCUT2D eigenvalue weighted by molar-refractivity contribution is -0.143. The Morgan fingerprint density at radius 3 is 2.22 bits per heavy atom.